The Bertz CT molecular complexity index is 1340. The molecule has 0 aliphatic carbocycles. The summed E-state index contributed by atoms with van der Waals surface area (Å²) in [6.07, 6.45) is 7.72. The van der Waals surface area contributed by atoms with Crippen molar-refractivity contribution in [1.82, 2.24) is 35.0 Å². The van der Waals surface area contributed by atoms with Crippen molar-refractivity contribution in [3.63, 3.8) is 0 Å². The standard InChI is InChI=1S/C25H29N9O2/c1-5-21(35)18-13-29-22(32-23-14-27-16(12-28-23)9-10-26-2)11-20(18)31-19-8-6-7-17(24(19)36-4)25-30-15-34(3)33-25/h6-8,11-15,26H,5,9-10H2,1-4H3,(H2,28,29,31,32). The Hall–Kier alpha value is -4.38. The fourth-order valence-electron chi connectivity index (χ4n) is 3.61. The lowest BCUT2D eigenvalue weighted by Gasteiger charge is -2.17. The van der Waals surface area contributed by atoms with Gasteiger partial charge in [-0.3, -0.25) is 14.5 Å². The van der Waals surface area contributed by atoms with Crippen LogP contribution in [0.5, 0.6) is 5.75 Å². The molecule has 0 radical (unpaired) electrons. The topological polar surface area (TPSA) is 132 Å². The SMILES string of the molecule is CCC(=O)c1cnc(Nc2cnc(CCNC)cn2)cc1Nc1cccc(-c2ncn(C)n2)c1OC. The van der Waals surface area contributed by atoms with E-state index < -0.39 is 0 Å². The third-order valence-electron chi connectivity index (χ3n) is 5.45. The normalized spacial score (nSPS) is 10.8. The summed E-state index contributed by atoms with van der Waals surface area (Å²) in [7, 11) is 5.29. The van der Waals surface area contributed by atoms with Gasteiger partial charge in [0.15, 0.2) is 17.4 Å². The molecule has 0 unspecified atom stereocenters. The first-order valence-corrected chi connectivity index (χ1v) is 11.6. The number of pyridine rings is 1. The molecule has 11 heteroatoms. The van der Waals surface area contributed by atoms with E-state index in [4.69, 9.17) is 4.74 Å². The van der Waals surface area contributed by atoms with E-state index in [0.29, 0.717) is 46.6 Å². The monoisotopic (exact) mass is 487 g/mol. The number of carbonyl (C=O) groups excluding carboxylic acids is 1. The van der Waals surface area contributed by atoms with E-state index in [1.807, 2.05) is 32.2 Å². The maximum Gasteiger partial charge on any atom is 0.184 e. The van der Waals surface area contributed by atoms with Gasteiger partial charge in [-0.05, 0) is 19.2 Å². The minimum atomic E-state index is -0.0354. The number of hydrogen-bond donors (Lipinski definition) is 3. The number of carbonyl (C=O) groups is 1. The van der Waals surface area contributed by atoms with Gasteiger partial charge < -0.3 is 20.7 Å². The number of aromatic nitrogens is 6. The van der Waals surface area contributed by atoms with E-state index in [9.17, 15) is 4.79 Å². The molecule has 186 valence electrons. The molecule has 3 heterocycles. The summed E-state index contributed by atoms with van der Waals surface area (Å²) in [5.74, 6) is 2.14. The van der Waals surface area contributed by atoms with Crippen LogP contribution in [0.2, 0.25) is 0 Å². The molecule has 0 atom stereocenters. The van der Waals surface area contributed by atoms with Crippen LogP contribution in [0, 0.1) is 0 Å². The number of ether oxygens (including phenoxy) is 1. The van der Waals surface area contributed by atoms with Gasteiger partial charge in [0.05, 0.1) is 47.7 Å². The Balaban J connectivity index is 1.65. The molecule has 0 saturated carbocycles. The Morgan fingerprint density at radius 1 is 1.03 bits per heavy atom. The number of methoxy groups -OCH3 is 1. The summed E-state index contributed by atoms with van der Waals surface area (Å²) < 4.78 is 7.34. The van der Waals surface area contributed by atoms with Crippen molar-refractivity contribution in [2.45, 2.75) is 19.8 Å². The molecular weight excluding hydrogens is 458 g/mol. The number of aryl methyl sites for hydroxylation is 1. The van der Waals surface area contributed by atoms with Crippen molar-refractivity contribution >= 4 is 28.8 Å². The van der Waals surface area contributed by atoms with Gasteiger partial charge >= 0.3 is 0 Å². The van der Waals surface area contributed by atoms with Crippen LogP contribution in [0.1, 0.15) is 29.4 Å². The van der Waals surface area contributed by atoms with Crippen LogP contribution in [0.15, 0.2) is 49.2 Å². The number of nitrogens with zero attached hydrogens (tertiary/aromatic N) is 6. The molecule has 11 nitrogen and oxygen atoms in total. The molecular formula is C25H29N9O2. The van der Waals surface area contributed by atoms with Gasteiger partial charge in [-0.2, -0.15) is 5.10 Å². The highest BCUT2D eigenvalue weighted by molar-refractivity contribution is 6.02. The molecule has 3 N–H and O–H groups in total. The van der Waals surface area contributed by atoms with Crippen LogP contribution in [-0.2, 0) is 13.5 Å². The fraction of sp³-hybridized carbons (Fsp3) is 0.280. The minimum Gasteiger partial charge on any atom is -0.494 e. The predicted molar refractivity (Wildman–Crippen MR) is 138 cm³/mol. The third-order valence-corrected chi connectivity index (χ3v) is 5.45. The van der Waals surface area contributed by atoms with Gasteiger partial charge in [0, 0.05) is 38.7 Å². The highest BCUT2D eigenvalue weighted by Crippen LogP contribution is 2.37. The summed E-state index contributed by atoms with van der Waals surface area (Å²) in [5.41, 5.74) is 3.34. The molecule has 0 bridgehead atoms. The van der Waals surface area contributed by atoms with E-state index in [1.165, 1.54) is 0 Å². The summed E-state index contributed by atoms with van der Waals surface area (Å²) in [6, 6.07) is 7.40. The van der Waals surface area contributed by atoms with Crippen LogP contribution < -0.4 is 20.7 Å². The number of rotatable bonds is 11. The van der Waals surface area contributed by atoms with Crippen molar-refractivity contribution in [1.29, 1.82) is 0 Å². The fourth-order valence-corrected chi connectivity index (χ4v) is 3.61. The Morgan fingerprint density at radius 3 is 2.53 bits per heavy atom. The van der Waals surface area contributed by atoms with Crippen LogP contribution in [0.25, 0.3) is 11.4 Å². The summed E-state index contributed by atoms with van der Waals surface area (Å²) >= 11 is 0. The lowest BCUT2D eigenvalue weighted by atomic mass is 10.1. The third kappa shape index (κ3) is 5.63. The van der Waals surface area contributed by atoms with E-state index in [1.54, 1.807) is 49.8 Å². The second-order valence-corrected chi connectivity index (χ2v) is 8.02. The number of anilines is 4. The summed E-state index contributed by atoms with van der Waals surface area (Å²) in [6.45, 7) is 2.64. The summed E-state index contributed by atoms with van der Waals surface area (Å²) in [4.78, 5) is 30.3. The van der Waals surface area contributed by atoms with Crippen LogP contribution >= 0.6 is 0 Å². The van der Waals surface area contributed by atoms with Gasteiger partial charge in [0.2, 0.25) is 0 Å². The second-order valence-electron chi connectivity index (χ2n) is 8.02. The molecule has 36 heavy (non-hydrogen) atoms. The largest absolute Gasteiger partial charge is 0.494 e. The van der Waals surface area contributed by atoms with Crippen molar-refractivity contribution < 1.29 is 9.53 Å². The van der Waals surface area contributed by atoms with Gasteiger partial charge in [-0.15, -0.1) is 0 Å². The molecule has 3 aromatic heterocycles. The maximum atomic E-state index is 12.7. The molecule has 0 amide bonds. The van der Waals surface area contributed by atoms with Crippen LogP contribution in [-0.4, -0.2) is 56.2 Å². The van der Waals surface area contributed by atoms with Gasteiger partial charge in [-0.25, -0.2) is 15.0 Å². The Labute approximate surface area is 209 Å². The van der Waals surface area contributed by atoms with Crippen molar-refractivity contribution in [2.24, 2.45) is 7.05 Å². The number of ketones is 1. The molecule has 0 fully saturated rings. The van der Waals surface area contributed by atoms with Crippen LogP contribution in [0.4, 0.5) is 23.0 Å². The smallest absolute Gasteiger partial charge is 0.184 e. The Kier molecular flexibility index (Phi) is 7.81. The Morgan fingerprint density at radius 2 is 1.86 bits per heavy atom. The molecule has 0 aliphatic rings. The molecule has 4 rings (SSSR count). The quantitative estimate of drug-likeness (QED) is 0.270. The zero-order valence-electron chi connectivity index (χ0n) is 20.7. The highest BCUT2D eigenvalue weighted by Gasteiger charge is 2.18. The van der Waals surface area contributed by atoms with Crippen LogP contribution in [0.3, 0.4) is 0 Å². The van der Waals surface area contributed by atoms with Crippen molar-refractivity contribution in [3.05, 3.63) is 60.4 Å². The zero-order valence-corrected chi connectivity index (χ0v) is 20.7. The van der Waals surface area contributed by atoms with E-state index in [2.05, 4.69) is 41.0 Å². The number of nitrogens with one attached hydrogen (secondary N) is 3. The average molecular weight is 488 g/mol. The highest BCUT2D eigenvalue weighted by atomic mass is 16.5. The minimum absolute atomic E-state index is 0.0354. The van der Waals surface area contributed by atoms with Crippen molar-refractivity contribution in [2.75, 3.05) is 31.3 Å². The van der Waals surface area contributed by atoms with E-state index >= 15 is 0 Å². The van der Waals surface area contributed by atoms with E-state index in [-0.39, 0.29) is 5.78 Å². The first-order valence-electron chi connectivity index (χ1n) is 11.6. The number of benzene rings is 1. The first kappa shape index (κ1) is 24.7. The van der Waals surface area contributed by atoms with Crippen molar-refractivity contribution in [3.8, 4) is 17.1 Å². The second kappa shape index (κ2) is 11.4. The van der Waals surface area contributed by atoms with Gasteiger partial charge in [0.1, 0.15) is 18.0 Å². The summed E-state index contributed by atoms with van der Waals surface area (Å²) in [5, 5.41) is 14.0. The lowest BCUT2D eigenvalue weighted by Crippen LogP contribution is -2.11. The van der Waals surface area contributed by atoms with Gasteiger partial charge in [0.25, 0.3) is 0 Å². The lowest BCUT2D eigenvalue weighted by molar-refractivity contribution is 0.0988. The average Bonchev–Trinajstić information content (AvgIpc) is 3.34. The number of hydrogen-bond acceptors (Lipinski definition) is 10. The molecule has 0 spiro atoms. The maximum absolute atomic E-state index is 12.7. The first-order chi connectivity index (χ1) is 17.5. The molecule has 4 aromatic rings. The number of para-hydroxylation sites is 1. The number of likely N-dealkylation sites (N-methyl/N-ethyl adjacent to an activating group) is 1. The number of Topliss-reactive ketones (excluding diaryl/α,β-unsaturated/α-hetero) is 1. The zero-order chi connectivity index (χ0) is 25.5. The van der Waals surface area contributed by atoms with Gasteiger partial charge in [-0.1, -0.05) is 13.0 Å². The molecule has 0 aliphatic heterocycles. The predicted octanol–water partition coefficient (Wildman–Crippen LogP) is 3.52. The van der Waals surface area contributed by atoms with E-state index in [0.717, 1.165) is 24.2 Å². The molecule has 1 aromatic carbocycles. The molecule has 0 saturated heterocycles.